The Bertz CT molecular complexity index is 431. The van der Waals surface area contributed by atoms with E-state index in [9.17, 15) is 4.79 Å². The van der Waals surface area contributed by atoms with Crippen LogP contribution in [-0.4, -0.2) is 40.2 Å². The molecule has 1 aliphatic heterocycles. The number of carbonyl (C=O) groups is 1. The highest BCUT2D eigenvalue weighted by atomic mass is 35.5. The summed E-state index contributed by atoms with van der Waals surface area (Å²) in [5.74, 6) is 0.476. The van der Waals surface area contributed by atoms with Crippen molar-refractivity contribution in [3.63, 3.8) is 0 Å². The molecule has 0 aliphatic carbocycles. The largest absolute Gasteiger partial charge is 0.396 e. The van der Waals surface area contributed by atoms with Crippen molar-refractivity contribution in [3.8, 4) is 0 Å². The van der Waals surface area contributed by atoms with Crippen LogP contribution >= 0.6 is 11.6 Å². The predicted octanol–water partition coefficient (Wildman–Crippen LogP) is 2.01. The number of hydrogen-bond acceptors (Lipinski definition) is 2. The third-order valence-electron chi connectivity index (χ3n) is 3.53. The van der Waals surface area contributed by atoms with Crippen molar-refractivity contribution in [2.75, 3.05) is 19.7 Å². The fraction of sp³-hybridized carbons (Fsp3) is 0.615. The summed E-state index contributed by atoms with van der Waals surface area (Å²) in [6.07, 6.45) is 3.54. The van der Waals surface area contributed by atoms with Gasteiger partial charge in [0.1, 0.15) is 5.69 Å². The van der Waals surface area contributed by atoms with Crippen LogP contribution in [0.25, 0.3) is 0 Å². The first-order valence-corrected chi connectivity index (χ1v) is 6.79. The van der Waals surface area contributed by atoms with Crippen LogP contribution in [0.2, 0.25) is 5.02 Å². The molecule has 100 valence electrons. The SMILES string of the molecule is CCn1cc(Cl)cc1C(=O)N1CCC(CCO)C1. The first-order chi connectivity index (χ1) is 8.65. The van der Waals surface area contributed by atoms with E-state index in [0.717, 1.165) is 32.5 Å². The summed E-state index contributed by atoms with van der Waals surface area (Å²) in [6.45, 7) is 4.44. The van der Waals surface area contributed by atoms with E-state index in [4.69, 9.17) is 16.7 Å². The lowest BCUT2D eigenvalue weighted by Gasteiger charge is -2.17. The van der Waals surface area contributed by atoms with Gasteiger partial charge in [0.25, 0.3) is 5.91 Å². The lowest BCUT2D eigenvalue weighted by atomic mass is 10.1. The number of carbonyl (C=O) groups excluding carboxylic acids is 1. The minimum Gasteiger partial charge on any atom is -0.396 e. The number of aromatic nitrogens is 1. The van der Waals surface area contributed by atoms with E-state index in [0.29, 0.717) is 16.6 Å². The number of aryl methyl sites for hydroxylation is 1. The minimum absolute atomic E-state index is 0.0455. The van der Waals surface area contributed by atoms with Crippen molar-refractivity contribution in [1.82, 2.24) is 9.47 Å². The van der Waals surface area contributed by atoms with E-state index in [2.05, 4.69) is 0 Å². The lowest BCUT2D eigenvalue weighted by Crippen LogP contribution is -2.30. The van der Waals surface area contributed by atoms with Crippen LogP contribution in [0.5, 0.6) is 0 Å². The van der Waals surface area contributed by atoms with Crippen LogP contribution < -0.4 is 0 Å². The number of rotatable bonds is 4. The summed E-state index contributed by atoms with van der Waals surface area (Å²) in [4.78, 5) is 14.2. The molecular formula is C13H19ClN2O2. The number of likely N-dealkylation sites (tertiary alicyclic amines) is 1. The standard InChI is InChI=1S/C13H19ClN2O2/c1-2-15-9-11(14)7-12(15)13(18)16-5-3-10(8-16)4-6-17/h7,9-10,17H,2-6,8H2,1H3. The third kappa shape index (κ3) is 2.70. The van der Waals surface area contributed by atoms with E-state index in [1.807, 2.05) is 16.4 Å². The summed E-state index contributed by atoms with van der Waals surface area (Å²) in [7, 11) is 0. The minimum atomic E-state index is 0.0455. The number of amides is 1. The van der Waals surface area contributed by atoms with Gasteiger partial charge in [-0.1, -0.05) is 11.6 Å². The second-order valence-corrected chi connectivity index (χ2v) is 5.18. The van der Waals surface area contributed by atoms with Crippen molar-refractivity contribution in [1.29, 1.82) is 0 Å². The summed E-state index contributed by atoms with van der Waals surface area (Å²) in [5.41, 5.74) is 0.659. The maximum atomic E-state index is 12.4. The number of halogens is 1. The average Bonchev–Trinajstić information content (AvgIpc) is 2.95. The molecule has 2 rings (SSSR count). The van der Waals surface area contributed by atoms with Gasteiger partial charge in [-0.2, -0.15) is 0 Å². The topological polar surface area (TPSA) is 45.5 Å². The van der Waals surface area contributed by atoms with Crippen molar-refractivity contribution >= 4 is 17.5 Å². The van der Waals surface area contributed by atoms with Gasteiger partial charge in [0.05, 0.1) is 5.02 Å². The van der Waals surface area contributed by atoms with E-state index >= 15 is 0 Å². The monoisotopic (exact) mass is 270 g/mol. The van der Waals surface area contributed by atoms with E-state index in [1.165, 1.54) is 0 Å². The smallest absolute Gasteiger partial charge is 0.270 e. The first kappa shape index (κ1) is 13.4. The van der Waals surface area contributed by atoms with Gasteiger partial charge in [0, 0.05) is 32.4 Å². The highest BCUT2D eigenvalue weighted by molar-refractivity contribution is 6.31. The van der Waals surface area contributed by atoms with Gasteiger partial charge in [-0.25, -0.2) is 0 Å². The maximum absolute atomic E-state index is 12.4. The number of nitrogens with zero attached hydrogens (tertiary/aromatic N) is 2. The first-order valence-electron chi connectivity index (χ1n) is 6.41. The van der Waals surface area contributed by atoms with Crippen LogP contribution in [0.4, 0.5) is 0 Å². The fourth-order valence-electron chi connectivity index (χ4n) is 2.51. The van der Waals surface area contributed by atoms with Crippen molar-refractivity contribution in [2.24, 2.45) is 5.92 Å². The van der Waals surface area contributed by atoms with E-state index in [-0.39, 0.29) is 12.5 Å². The molecule has 0 saturated carbocycles. The summed E-state index contributed by atoms with van der Waals surface area (Å²) in [5, 5.41) is 9.53. The molecule has 1 aromatic rings. The Morgan fingerprint density at radius 2 is 2.39 bits per heavy atom. The molecule has 0 aromatic carbocycles. The Labute approximate surface area is 112 Å². The molecule has 1 saturated heterocycles. The van der Waals surface area contributed by atoms with Crippen molar-refractivity contribution in [2.45, 2.75) is 26.3 Å². The van der Waals surface area contributed by atoms with Gasteiger partial charge in [0.15, 0.2) is 0 Å². The molecule has 1 aliphatic rings. The van der Waals surface area contributed by atoms with Crippen LogP contribution in [-0.2, 0) is 6.54 Å². The second-order valence-electron chi connectivity index (χ2n) is 4.75. The Hall–Kier alpha value is -1.00. The van der Waals surface area contributed by atoms with Crippen molar-refractivity contribution < 1.29 is 9.90 Å². The van der Waals surface area contributed by atoms with Crippen LogP contribution in [0, 0.1) is 5.92 Å². The molecule has 4 nitrogen and oxygen atoms in total. The van der Waals surface area contributed by atoms with Gasteiger partial charge in [0.2, 0.25) is 0 Å². The summed E-state index contributed by atoms with van der Waals surface area (Å²) in [6, 6.07) is 1.73. The Morgan fingerprint density at radius 3 is 3.06 bits per heavy atom. The molecule has 1 amide bonds. The quantitative estimate of drug-likeness (QED) is 0.910. The molecule has 1 atom stereocenters. The highest BCUT2D eigenvalue weighted by Gasteiger charge is 2.28. The highest BCUT2D eigenvalue weighted by Crippen LogP contribution is 2.23. The fourth-order valence-corrected chi connectivity index (χ4v) is 2.73. The van der Waals surface area contributed by atoms with Gasteiger partial charge >= 0.3 is 0 Å². The van der Waals surface area contributed by atoms with Crippen LogP contribution in [0.3, 0.4) is 0 Å². The zero-order valence-electron chi connectivity index (χ0n) is 10.6. The molecular weight excluding hydrogens is 252 g/mol. The molecule has 18 heavy (non-hydrogen) atoms. The van der Waals surface area contributed by atoms with Gasteiger partial charge in [-0.15, -0.1) is 0 Å². The molecule has 0 radical (unpaired) electrons. The van der Waals surface area contributed by atoms with E-state index < -0.39 is 0 Å². The molecule has 1 N–H and O–H groups in total. The maximum Gasteiger partial charge on any atom is 0.270 e. The van der Waals surface area contributed by atoms with Gasteiger partial charge in [-0.05, 0) is 31.7 Å². The number of aliphatic hydroxyl groups excluding tert-OH is 1. The average molecular weight is 271 g/mol. The zero-order chi connectivity index (χ0) is 13.1. The number of hydrogen-bond donors (Lipinski definition) is 1. The van der Waals surface area contributed by atoms with Gasteiger partial charge in [-0.3, -0.25) is 4.79 Å². The Balaban J connectivity index is 2.07. The normalized spacial score (nSPS) is 19.5. The second kappa shape index (κ2) is 5.76. The zero-order valence-corrected chi connectivity index (χ0v) is 11.4. The Morgan fingerprint density at radius 1 is 1.61 bits per heavy atom. The Kier molecular flexibility index (Phi) is 4.30. The summed E-state index contributed by atoms with van der Waals surface area (Å²) < 4.78 is 1.88. The molecule has 1 aromatic heterocycles. The molecule has 1 unspecified atom stereocenters. The van der Waals surface area contributed by atoms with E-state index in [1.54, 1.807) is 12.3 Å². The van der Waals surface area contributed by atoms with Crippen LogP contribution in [0.15, 0.2) is 12.3 Å². The molecule has 0 spiro atoms. The molecule has 1 fully saturated rings. The lowest BCUT2D eigenvalue weighted by molar-refractivity contribution is 0.0774. The molecule has 2 heterocycles. The molecule has 5 heteroatoms. The number of aliphatic hydroxyl groups is 1. The summed E-state index contributed by atoms with van der Waals surface area (Å²) >= 11 is 5.95. The predicted molar refractivity (Wildman–Crippen MR) is 70.8 cm³/mol. The molecule has 0 bridgehead atoms. The van der Waals surface area contributed by atoms with Crippen LogP contribution in [0.1, 0.15) is 30.3 Å². The third-order valence-corrected chi connectivity index (χ3v) is 3.74. The van der Waals surface area contributed by atoms with Crippen molar-refractivity contribution in [3.05, 3.63) is 23.0 Å². The van der Waals surface area contributed by atoms with Gasteiger partial charge < -0.3 is 14.6 Å².